The fourth-order valence-corrected chi connectivity index (χ4v) is 4.83. The summed E-state index contributed by atoms with van der Waals surface area (Å²) >= 11 is 6.72. The van der Waals surface area contributed by atoms with E-state index in [2.05, 4.69) is 10.4 Å². The van der Waals surface area contributed by atoms with Gasteiger partial charge in [-0.1, -0.05) is 41.9 Å². The number of benzene rings is 2. The number of carbonyl (C=O) groups is 3. The summed E-state index contributed by atoms with van der Waals surface area (Å²) in [7, 11) is 1.78. The Morgan fingerprint density at radius 2 is 1.88 bits per heavy atom. The number of carbonyl (C=O) groups excluding carboxylic acids is 3. The normalized spacial score (nSPS) is 18.1. The molecule has 0 aliphatic carbocycles. The Morgan fingerprint density at radius 3 is 2.61 bits per heavy atom. The first-order valence-electron chi connectivity index (χ1n) is 10.6. The highest BCUT2D eigenvalue weighted by Crippen LogP contribution is 2.41. The van der Waals surface area contributed by atoms with E-state index < -0.39 is 5.92 Å². The summed E-state index contributed by atoms with van der Waals surface area (Å²) in [6, 6.07) is 13.0. The van der Waals surface area contributed by atoms with Crippen molar-refractivity contribution in [2.45, 2.75) is 25.7 Å². The molecule has 3 amide bonds. The van der Waals surface area contributed by atoms with Crippen molar-refractivity contribution in [1.29, 1.82) is 0 Å². The number of rotatable bonds is 3. The fourth-order valence-electron chi connectivity index (χ4n) is 4.46. The lowest BCUT2D eigenvalue weighted by Gasteiger charge is -2.27. The lowest BCUT2D eigenvalue weighted by Crippen LogP contribution is -2.39. The molecule has 1 saturated heterocycles. The summed E-state index contributed by atoms with van der Waals surface area (Å²) in [5, 5.41) is 7.24. The van der Waals surface area contributed by atoms with E-state index >= 15 is 0 Å². The third kappa shape index (κ3) is 3.56. The van der Waals surface area contributed by atoms with E-state index in [4.69, 9.17) is 16.3 Å². The molecule has 2 aliphatic rings. The van der Waals surface area contributed by atoms with Crippen molar-refractivity contribution in [3.8, 4) is 17.0 Å². The van der Waals surface area contributed by atoms with Gasteiger partial charge in [-0.3, -0.25) is 24.6 Å². The first-order valence-corrected chi connectivity index (χ1v) is 10.9. The van der Waals surface area contributed by atoms with Gasteiger partial charge in [0.2, 0.25) is 17.7 Å². The first-order chi connectivity index (χ1) is 15.8. The molecule has 33 heavy (non-hydrogen) atoms. The van der Waals surface area contributed by atoms with Gasteiger partial charge in [0.15, 0.2) is 6.61 Å². The highest BCUT2D eigenvalue weighted by atomic mass is 35.5. The minimum absolute atomic E-state index is 0.0620. The van der Waals surface area contributed by atoms with Gasteiger partial charge in [-0.25, -0.2) is 4.68 Å². The van der Waals surface area contributed by atoms with Crippen molar-refractivity contribution in [2.75, 3.05) is 11.5 Å². The Kier molecular flexibility index (Phi) is 5.17. The Balaban J connectivity index is 1.49. The highest BCUT2D eigenvalue weighted by Gasteiger charge is 2.33. The molecule has 3 heterocycles. The number of fused-ring (bicyclic) bond motifs is 1. The topological polar surface area (TPSA) is 93.5 Å². The van der Waals surface area contributed by atoms with Crippen molar-refractivity contribution >= 4 is 40.7 Å². The third-order valence-corrected chi connectivity index (χ3v) is 6.45. The second kappa shape index (κ2) is 8.04. The number of ether oxygens (including phenoxy) is 1. The molecule has 3 aromatic rings. The van der Waals surface area contributed by atoms with Gasteiger partial charge < -0.3 is 4.74 Å². The Morgan fingerprint density at radius 1 is 1.12 bits per heavy atom. The number of nitrogens with zero attached hydrogens (tertiary/aromatic N) is 3. The lowest BCUT2D eigenvalue weighted by molar-refractivity contribution is -0.134. The number of halogens is 1. The Labute approximate surface area is 195 Å². The van der Waals surface area contributed by atoms with Gasteiger partial charge in [-0.2, -0.15) is 5.10 Å². The summed E-state index contributed by atoms with van der Waals surface area (Å²) in [6.07, 6.45) is 0.716. The first kappa shape index (κ1) is 21.2. The van der Waals surface area contributed by atoms with Crippen LogP contribution in [-0.2, 0) is 21.4 Å². The smallest absolute Gasteiger partial charge is 0.269 e. The predicted octanol–water partition coefficient (Wildman–Crippen LogP) is 3.63. The van der Waals surface area contributed by atoms with Crippen LogP contribution in [0, 0.1) is 6.92 Å². The fraction of sp³-hybridized carbons (Fsp3) is 0.250. The SMILES string of the molecule is Cc1nn(C)c2c1N(c1ccc(-c3cccc(C4CCC(=O)NC4=O)c3Cl)cc1)C(=O)CO2. The minimum atomic E-state index is -0.465. The summed E-state index contributed by atoms with van der Waals surface area (Å²) in [6.45, 7) is 1.77. The molecule has 8 nitrogen and oxygen atoms in total. The van der Waals surface area contributed by atoms with Gasteiger partial charge in [0.05, 0.1) is 16.6 Å². The molecule has 0 radical (unpaired) electrons. The monoisotopic (exact) mass is 464 g/mol. The maximum Gasteiger partial charge on any atom is 0.269 e. The molecule has 0 bridgehead atoms. The van der Waals surface area contributed by atoms with Gasteiger partial charge in [0, 0.05) is 24.7 Å². The van der Waals surface area contributed by atoms with Crippen molar-refractivity contribution in [3.63, 3.8) is 0 Å². The molecule has 0 saturated carbocycles. The maximum atomic E-state index is 12.7. The van der Waals surface area contributed by atoms with Crippen molar-refractivity contribution in [2.24, 2.45) is 7.05 Å². The van der Waals surface area contributed by atoms with Crippen LogP contribution in [0.4, 0.5) is 11.4 Å². The summed E-state index contributed by atoms with van der Waals surface area (Å²) in [4.78, 5) is 38.1. The van der Waals surface area contributed by atoms with Crippen molar-refractivity contribution in [1.82, 2.24) is 15.1 Å². The van der Waals surface area contributed by atoms with Crippen molar-refractivity contribution < 1.29 is 19.1 Å². The van der Waals surface area contributed by atoms with Gasteiger partial charge in [0.25, 0.3) is 5.91 Å². The number of anilines is 2. The number of hydrogen-bond acceptors (Lipinski definition) is 5. The van der Waals surface area contributed by atoms with Crippen LogP contribution in [0.1, 0.15) is 30.0 Å². The van der Waals surface area contributed by atoms with E-state index in [0.717, 1.165) is 11.1 Å². The zero-order valence-electron chi connectivity index (χ0n) is 18.1. The van der Waals surface area contributed by atoms with Gasteiger partial charge in [-0.15, -0.1) is 0 Å². The second-order valence-corrected chi connectivity index (χ2v) is 8.52. The van der Waals surface area contributed by atoms with Gasteiger partial charge in [-0.05, 0) is 36.6 Å². The average molecular weight is 465 g/mol. The number of aromatic nitrogens is 2. The molecule has 1 unspecified atom stereocenters. The van der Waals surface area contributed by atoms with E-state index in [0.29, 0.717) is 40.0 Å². The number of imide groups is 1. The third-order valence-electron chi connectivity index (χ3n) is 6.02. The summed E-state index contributed by atoms with van der Waals surface area (Å²) in [5.41, 5.74) is 4.35. The molecule has 1 aromatic heterocycles. The number of nitrogens with one attached hydrogen (secondary N) is 1. The number of aryl methyl sites for hydroxylation is 2. The minimum Gasteiger partial charge on any atom is -0.466 e. The van der Waals surface area contributed by atoms with E-state index in [1.807, 2.05) is 49.4 Å². The van der Waals surface area contributed by atoms with Crippen LogP contribution in [0.15, 0.2) is 42.5 Å². The molecule has 1 N–H and O–H groups in total. The van der Waals surface area contributed by atoms with Crippen LogP contribution in [0.5, 0.6) is 5.88 Å². The van der Waals surface area contributed by atoms with Crippen LogP contribution in [0.3, 0.4) is 0 Å². The summed E-state index contributed by atoms with van der Waals surface area (Å²) in [5.74, 6) is -0.675. The molecule has 9 heteroatoms. The van der Waals surface area contributed by atoms with Crippen LogP contribution in [-0.4, -0.2) is 34.1 Å². The highest BCUT2D eigenvalue weighted by molar-refractivity contribution is 6.34. The largest absolute Gasteiger partial charge is 0.466 e. The zero-order chi connectivity index (χ0) is 23.3. The lowest BCUT2D eigenvalue weighted by atomic mass is 9.88. The molecule has 1 atom stereocenters. The van der Waals surface area contributed by atoms with Crippen molar-refractivity contribution in [3.05, 3.63) is 58.7 Å². The summed E-state index contributed by atoms with van der Waals surface area (Å²) < 4.78 is 7.20. The van der Waals surface area contributed by atoms with Crippen LogP contribution in [0.25, 0.3) is 11.1 Å². The molecule has 1 fully saturated rings. The maximum absolute atomic E-state index is 12.7. The standard InChI is InChI=1S/C24H21ClN4O4/c1-13-22-24(28(2)27-13)33-12-20(31)29(22)15-8-6-14(7-9-15)16-4-3-5-17(21(16)25)18-10-11-19(30)26-23(18)32/h3-9,18H,10-12H2,1-2H3,(H,26,30,32). The average Bonchev–Trinajstić information content (AvgIpc) is 3.08. The van der Waals surface area contributed by atoms with E-state index in [9.17, 15) is 14.4 Å². The second-order valence-electron chi connectivity index (χ2n) is 8.14. The Hall–Kier alpha value is -3.65. The Bertz CT molecular complexity index is 1300. The molecule has 5 rings (SSSR count). The van der Waals surface area contributed by atoms with Gasteiger partial charge in [0.1, 0.15) is 5.69 Å². The molecular formula is C24H21ClN4O4. The molecule has 2 aliphatic heterocycles. The number of hydrogen-bond donors (Lipinski definition) is 1. The molecule has 168 valence electrons. The van der Waals surface area contributed by atoms with E-state index in [1.54, 1.807) is 16.6 Å². The van der Waals surface area contributed by atoms with Crippen LogP contribution in [0.2, 0.25) is 5.02 Å². The molecule has 2 aromatic carbocycles. The number of amides is 3. The van der Waals surface area contributed by atoms with Gasteiger partial charge >= 0.3 is 0 Å². The van der Waals surface area contributed by atoms with Crippen LogP contribution >= 0.6 is 11.6 Å². The van der Waals surface area contributed by atoms with Crippen LogP contribution < -0.4 is 15.0 Å². The molecular weight excluding hydrogens is 444 g/mol. The predicted molar refractivity (Wildman–Crippen MR) is 123 cm³/mol. The van der Waals surface area contributed by atoms with E-state index in [1.165, 1.54) is 0 Å². The zero-order valence-corrected chi connectivity index (χ0v) is 18.8. The van der Waals surface area contributed by atoms with E-state index in [-0.39, 0.29) is 30.7 Å². The number of piperidine rings is 1. The quantitative estimate of drug-likeness (QED) is 0.597. The molecule has 0 spiro atoms.